The molecule has 1 saturated carbocycles. The molecule has 20 heavy (non-hydrogen) atoms. The van der Waals surface area contributed by atoms with Crippen LogP contribution in [0.3, 0.4) is 0 Å². The van der Waals surface area contributed by atoms with Crippen molar-refractivity contribution in [1.82, 2.24) is 0 Å². The van der Waals surface area contributed by atoms with Crippen LogP contribution in [0.5, 0.6) is 0 Å². The molecule has 0 N–H and O–H groups in total. The molecule has 2 aliphatic heterocycles. The van der Waals surface area contributed by atoms with Crippen LogP contribution < -0.4 is 0 Å². The van der Waals surface area contributed by atoms with Crippen LogP contribution in [-0.4, -0.2) is 23.8 Å². The summed E-state index contributed by atoms with van der Waals surface area (Å²) >= 11 is 0. The molecule has 0 amide bonds. The Bertz CT molecular complexity index is 489. The van der Waals surface area contributed by atoms with Gasteiger partial charge in [-0.15, -0.1) is 0 Å². The summed E-state index contributed by atoms with van der Waals surface area (Å²) in [5.41, 5.74) is -0.868. The van der Waals surface area contributed by atoms with Crippen molar-refractivity contribution in [3.05, 3.63) is 12.2 Å². The number of carbonyl (C=O) groups is 1. The summed E-state index contributed by atoms with van der Waals surface area (Å²) in [5, 5.41) is 0. The van der Waals surface area contributed by atoms with Gasteiger partial charge in [0, 0.05) is 0 Å². The van der Waals surface area contributed by atoms with E-state index >= 15 is 0 Å². The van der Waals surface area contributed by atoms with Crippen molar-refractivity contribution in [3.63, 3.8) is 0 Å². The van der Waals surface area contributed by atoms with Gasteiger partial charge in [-0.2, -0.15) is 0 Å². The Morgan fingerprint density at radius 3 is 2.55 bits per heavy atom. The van der Waals surface area contributed by atoms with Crippen LogP contribution in [0.1, 0.15) is 40.5 Å². The first kappa shape index (κ1) is 12.9. The van der Waals surface area contributed by atoms with E-state index in [-0.39, 0.29) is 18.2 Å². The third kappa shape index (κ3) is 1.53. The van der Waals surface area contributed by atoms with Crippen molar-refractivity contribution in [3.8, 4) is 0 Å². The van der Waals surface area contributed by atoms with Crippen LogP contribution in [0.15, 0.2) is 12.2 Å². The second-order valence-electron chi connectivity index (χ2n) is 8.32. The predicted molar refractivity (Wildman–Crippen MR) is 74.9 cm³/mol. The normalized spacial score (nSPS) is 51.6. The maximum absolute atomic E-state index is 12.6. The molecule has 0 radical (unpaired) electrons. The van der Waals surface area contributed by atoms with Crippen molar-refractivity contribution >= 4 is 5.97 Å². The lowest BCUT2D eigenvalue weighted by Crippen LogP contribution is -2.48. The van der Waals surface area contributed by atoms with Gasteiger partial charge in [-0.3, -0.25) is 4.79 Å². The van der Waals surface area contributed by atoms with E-state index in [0.29, 0.717) is 23.7 Å². The van der Waals surface area contributed by atoms with Crippen LogP contribution >= 0.6 is 0 Å². The predicted octanol–water partition coefficient (Wildman–Crippen LogP) is 2.94. The van der Waals surface area contributed by atoms with Gasteiger partial charge < -0.3 is 9.47 Å². The van der Waals surface area contributed by atoms with E-state index in [4.69, 9.17) is 9.47 Å². The molecule has 0 spiro atoms. The topological polar surface area (TPSA) is 35.5 Å². The highest BCUT2D eigenvalue weighted by atomic mass is 16.6. The molecule has 3 nitrogen and oxygen atoms in total. The summed E-state index contributed by atoms with van der Waals surface area (Å²) in [7, 11) is 0. The molecule has 2 saturated heterocycles. The molecule has 7 atom stereocenters. The second kappa shape index (κ2) is 3.68. The molecule has 0 aromatic carbocycles. The molecule has 2 aliphatic carbocycles. The number of esters is 1. The third-order valence-corrected chi connectivity index (χ3v) is 5.80. The van der Waals surface area contributed by atoms with Crippen molar-refractivity contribution in [2.45, 2.75) is 58.3 Å². The zero-order chi connectivity index (χ0) is 14.3. The molecular weight excluding hydrogens is 252 g/mol. The van der Waals surface area contributed by atoms with E-state index in [1.807, 2.05) is 20.8 Å². The summed E-state index contributed by atoms with van der Waals surface area (Å²) in [6.07, 6.45) is 7.17. The summed E-state index contributed by atoms with van der Waals surface area (Å²) in [6.45, 7) is 7.86. The van der Waals surface area contributed by atoms with Crippen molar-refractivity contribution < 1.29 is 14.3 Å². The van der Waals surface area contributed by atoms with E-state index in [1.165, 1.54) is 6.42 Å². The van der Waals surface area contributed by atoms with Crippen LogP contribution in [0.4, 0.5) is 0 Å². The summed E-state index contributed by atoms with van der Waals surface area (Å²) in [6, 6.07) is 0. The number of fused-ring (bicyclic) bond motifs is 9. The lowest BCUT2D eigenvalue weighted by molar-refractivity contribution is -0.171. The lowest BCUT2D eigenvalue weighted by atomic mass is 9.63. The van der Waals surface area contributed by atoms with E-state index in [0.717, 1.165) is 6.42 Å². The maximum Gasteiger partial charge on any atom is 0.315 e. The quantitative estimate of drug-likeness (QED) is 0.545. The van der Waals surface area contributed by atoms with Gasteiger partial charge in [-0.05, 0) is 64.2 Å². The minimum Gasteiger partial charge on any atom is -0.459 e. The van der Waals surface area contributed by atoms with E-state index in [9.17, 15) is 4.79 Å². The zero-order valence-corrected chi connectivity index (χ0v) is 12.8. The highest BCUT2D eigenvalue weighted by Gasteiger charge is 2.68. The average Bonchev–Trinajstić information content (AvgIpc) is 3.02. The summed E-state index contributed by atoms with van der Waals surface area (Å²) in [4.78, 5) is 12.6. The molecule has 4 bridgehead atoms. The Morgan fingerprint density at radius 1 is 1.25 bits per heavy atom. The van der Waals surface area contributed by atoms with Gasteiger partial charge in [-0.1, -0.05) is 12.2 Å². The molecule has 0 aromatic heterocycles. The van der Waals surface area contributed by atoms with Gasteiger partial charge in [0.1, 0.15) is 5.60 Å². The van der Waals surface area contributed by atoms with Crippen molar-refractivity contribution in [1.29, 1.82) is 0 Å². The number of rotatable bonds is 1. The van der Waals surface area contributed by atoms with Crippen LogP contribution in [-0.2, 0) is 14.3 Å². The highest BCUT2D eigenvalue weighted by Crippen LogP contribution is 2.64. The Balaban J connectivity index is 1.61. The van der Waals surface area contributed by atoms with Gasteiger partial charge in [0.2, 0.25) is 0 Å². The first-order valence-electron chi connectivity index (χ1n) is 7.87. The van der Waals surface area contributed by atoms with Crippen molar-refractivity contribution in [2.24, 2.45) is 29.1 Å². The number of hydrogen-bond donors (Lipinski definition) is 0. The third-order valence-electron chi connectivity index (χ3n) is 5.80. The minimum absolute atomic E-state index is 0.0623. The SMILES string of the molecule is CC(C)(C)OC(=O)C1(C)CC2OC1C1C3C=CC(C3)C21. The van der Waals surface area contributed by atoms with Crippen molar-refractivity contribution in [2.75, 3.05) is 0 Å². The van der Waals surface area contributed by atoms with Gasteiger partial charge in [0.15, 0.2) is 0 Å². The molecule has 3 fully saturated rings. The Labute approximate surface area is 120 Å². The van der Waals surface area contributed by atoms with Crippen LogP contribution in [0, 0.1) is 29.1 Å². The Hall–Kier alpha value is -0.830. The fourth-order valence-corrected chi connectivity index (χ4v) is 5.11. The van der Waals surface area contributed by atoms with E-state index in [1.54, 1.807) is 0 Å². The number of allylic oxidation sites excluding steroid dienone is 2. The first-order valence-corrected chi connectivity index (χ1v) is 7.87. The molecule has 3 heteroatoms. The van der Waals surface area contributed by atoms with Gasteiger partial charge in [0.05, 0.1) is 17.6 Å². The summed E-state index contributed by atoms with van der Waals surface area (Å²) in [5.74, 6) is 2.46. The number of carbonyl (C=O) groups excluding carboxylic acids is 1. The Morgan fingerprint density at radius 2 is 1.90 bits per heavy atom. The minimum atomic E-state index is -0.447. The fraction of sp³-hybridized carbons (Fsp3) is 0.824. The van der Waals surface area contributed by atoms with Crippen LogP contribution in [0.2, 0.25) is 0 Å². The average molecular weight is 276 g/mol. The fourth-order valence-electron chi connectivity index (χ4n) is 5.11. The van der Waals surface area contributed by atoms with E-state index < -0.39 is 11.0 Å². The zero-order valence-electron chi connectivity index (χ0n) is 12.8. The van der Waals surface area contributed by atoms with Crippen LogP contribution in [0.25, 0.3) is 0 Å². The van der Waals surface area contributed by atoms with Gasteiger partial charge in [-0.25, -0.2) is 0 Å². The molecule has 110 valence electrons. The lowest BCUT2D eigenvalue weighted by Gasteiger charge is -2.39. The summed E-state index contributed by atoms with van der Waals surface area (Å²) < 4.78 is 11.9. The molecule has 7 unspecified atom stereocenters. The standard InChI is InChI=1S/C17H24O3/c1-16(2,3)20-15(18)17(4)8-11-12-9-5-6-10(7-9)13(12)14(17)19-11/h5-6,9-14H,7-8H2,1-4H3. The smallest absolute Gasteiger partial charge is 0.315 e. The van der Waals surface area contributed by atoms with E-state index in [2.05, 4.69) is 19.1 Å². The molecule has 0 aromatic rings. The second-order valence-corrected chi connectivity index (χ2v) is 8.32. The molecular formula is C17H24O3. The number of ether oxygens (including phenoxy) is 2. The molecule has 4 aliphatic rings. The largest absolute Gasteiger partial charge is 0.459 e. The first-order chi connectivity index (χ1) is 9.29. The molecule has 4 rings (SSSR count). The monoisotopic (exact) mass is 276 g/mol. The van der Waals surface area contributed by atoms with Gasteiger partial charge >= 0.3 is 5.97 Å². The number of hydrogen-bond acceptors (Lipinski definition) is 3. The highest BCUT2D eigenvalue weighted by molar-refractivity contribution is 5.78. The molecule has 2 heterocycles. The Kier molecular flexibility index (Phi) is 2.37. The maximum atomic E-state index is 12.6. The van der Waals surface area contributed by atoms with Gasteiger partial charge in [0.25, 0.3) is 0 Å².